The number of fused-ring (bicyclic) bond motifs is 1. The molecule has 17 heavy (non-hydrogen) atoms. The number of nitrogens with one attached hydrogen (secondary N) is 1. The Morgan fingerprint density at radius 1 is 1.35 bits per heavy atom. The molecule has 0 fully saturated rings. The molecule has 1 aromatic carbocycles. The fraction of sp³-hybridized carbons (Fsp3) is 0.167. The summed E-state index contributed by atoms with van der Waals surface area (Å²) in [5, 5.41) is 2.63. The number of nitrogens with two attached hydrogens (primary N) is 1. The van der Waals surface area contributed by atoms with Crippen molar-refractivity contribution in [3.63, 3.8) is 0 Å². The van der Waals surface area contributed by atoms with Gasteiger partial charge in [-0.3, -0.25) is 10.3 Å². The molecule has 0 aromatic heterocycles. The minimum atomic E-state index is -0.205. The first-order valence-corrected chi connectivity index (χ1v) is 5.47. The Bertz CT molecular complexity index is 523. The number of hydrogen-bond donors (Lipinski definition) is 2. The van der Waals surface area contributed by atoms with Gasteiger partial charge in [-0.1, -0.05) is 30.3 Å². The van der Waals surface area contributed by atoms with Gasteiger partial charge in [0.25, 0.3) is 0 Å². The Morgan fingerprint density at radius 3 is 2.88 bits per heavy atom. The number of benzene rings is 1. The Labute approximate surface area is 98.8 Å². The van der Waals surface area contributed by atoms with Gasteiger partial charge in [-0.25, -0.2) is 4.79 Å². The second-order valence-corrected chi connectivity index (χ2v) is 4.27. The van der Waals surface area contributed by atoms with Crippen LogP contribution >= 0.6 is 0 Å². The fourth-order valence-electron chi connectivity index (χ4n) is 2.16. The summed E-state index contributed by atoms with van der Waals surface area (Å²) in [6.45, 7) is 0.457. The first-order valence-electron chi connectivity index (χ1n) is 5.47. The SMILES string of the molecule is N[N+]12CC(c3ccccc3)N=CC1=CNC2=O. The van der Waals surface area contributed by atoms with Crippen molar-refractivity contribution in [2.24, 2.45) is 10.8 Å². The summed E-state index contributed by atoms with van der Waals surface area (Å²) < 4.78 is -0.205. The molecule has 2 unspecified atom stereocenters. The number of urea groups is 1. The van der Waals surface area contributed by atoms with Crippen LogP contribution in [0.2, 0.25) is 0 Å². The molecular weight excluding hydrogens is 216 g/mol. The quantitative estimate of drug-likeness (QED) is 0.429. The summed E-state index contributed by atoms with van der Waals surface area (Å²) in [5.41, 5.74) is 1.78. The van der Waals surface area contributed by atoms with Crippen molar-refractivity contribution in [2.45, 2.75) is 6.04 Å². The van der Waals surface area contributed by atoms with Crippen molar-refractivity contribution in [3.05, 3.63) is 47.8 Å². The highest BCUT2D eigenvalue weighted by atomic mass is 16.2. The first-order chi connectivity index (χ1) is 8.20. The summed E-state index contributed by atoms with van der Waals surface area (Å²) >= 11 is 0. The van der Waals surface area contributed by atoms with Gasteiger partial charge in [0.15, 0.2) is 5.70 Å². The maximum Gasteiger partial charge on any atom is 0.445 e. The molecule has 2 amide bonds. The van der Waals surface area contributed by atoms with E-state index in [1.165, 1.54) is 0 Å². The number of quaternary nitrogens is 1. The van der Waals surface area contributed by atoms with Crippen LogP contribution in [0.5, 0.6) is 0 Å². The van der Waals surface area contributed by atoms with Crippen molar-refractivity contribution in [3.8, 4) is 0 Å². The lowest BCUT2D eigenvalue weighted by Crippen LogP contribution is -2.60. The molecule has 0 radical (unpaired) electrons. The van der Waals surface area contributed by atoms with E-state index in [9.17, 15) is 4.79 Å². The van der Waals surface area contributed by atoms with Crippen LogP contribution in [0.1, 0.15) is 11.6 Å². The minimum absolute atomic E-state index is 0.0674. The van der Waals surface area contributed by atoms with Crippen molar-refractivity contribution in [2.75, 3.05) is 6.54 Å². The van der Waals surface area contributed by atoms with Gasteiger partial charge in [0.1, 0.15) is 12.6 Å². The summed E-state index contributed by atoms with van der Waals surface area (Å²) in [7, 11) is 0. The molecule has 0 spiro atoms. The monoisotopic (exact) mass is 229 g/mol. The van der Waals surface area contributed by atoms with E-state index in [1.807, 2.05) is 30.3 Å². The lowest BCUT2D eigenvalue weighted by atomic mass is 10.1. The van der Waals surface area contributed by atoms with E-state index < -0.39 is 0 Å². The molecule has 5 nitrogen and oxygen atoms in total. The van der Waals surface area contributed by atoms with Crippen LogP contribution in [0.15, 0.2) is 47.2 Å². The van der Waals surface area contributed by atoms with E-state index in [1.54, 1.807) is 12.4 Å². The third kappa shape index (κ3) is 1.48. The second-order valence-electron chi connectivity index (χ2n) is 4.27. The van der Waals surface area contributed by atoms with Crippen LogP contribution in [0, 0.1) is 0 Å². The van der Waals surface area contributed by atoms with Crippen molar-refractivity contribution >= 4 is 12.2 Å². The Balaban J connectivity index is 1.96. The van der Waals surface area contributed by atoms with Crippen molar-refractivity contribution in [1.82, 2.24) is 5.32 Å². The molecule has 3 rings (SSSR count). The van der Waals surface area contributed by atoms with Crippen molar-refractivity contribution < 1.29 is 9.39 Å². The number of hydrogen-bond acceptors (Lipinski definition) is 3. The average Bonchev–Trinajstić information content (AvgIpc) is 2.66. The van der Waals surface area contributed by atoms with Crippen LogP contribution in [0.4, 0.5) is 4.79 Å². The van der Waals surface area contributed by atoms with E-state index in [2.05, 4.69) is 10.3 Å². The zero-order chi connectivity index (χ0) is 11.9. The normalized spacial score (nSPS) is 30.8. The highest BCUT2D eigenvalue weighted by Gasteiger charge is 2.46. The predicted octanol–water partition coefficient (Wildman–Crippen LogP) is 1.07. The molecular formula is C12H13N4O+. The Hall–Kier alpha value is -1.98. The van der Waals surface area contributed by atoms with E-state index in [0.717, 1.165) is 5.56 Å². The molecule has 2 aliphatic rings. The van der Waals surface area contributed by atoms with Gasteiger partial charge in [0.05, 0.1) is 12.4 Å². The third-order valence-corrected chi connectivity index (χ3v) is 3.20. The van der Waals surface area contributed by atoms with Gasteiger partial charge in [-0.2, -0.15) is 5.84 Å². The molecule has 1 aromatic rings. The third-order valence-electron chi connectivity index (χ3n) is 3.20. The van der Waals surface area contributed by atoms with Gasteiger partial charge >= 0.3 is 6.03 Å². The molecule has 3 N–H and O–H groups in total. The number of rotatable bonds is 1. The number of aliphatic imine (C=N–C) groups is 1. The van der Waals surface area contributed by atoms with Crippen LogP contribution in [0.25, 0.3) is 0 Å². The van der Waals surface area contributed by atoms with Gasteiger partial charge in [-0.05, 0) is 5.56 Å². The molecule has 0 aliphatic carbocycles. The van der Waals surface area contributed by atoms with Gasteiger partial charge in [0.2, 0.25) is 0 Å². The Kier molecular flexibility index (Phi) is 2.10. The zero-order valence-electron chi connectivity index (χ0n) is 9.21. The smallest absolute Gasteiger partial charge is 0.274 e. The highest BCUT2D eigenvalue weighted by Crippen LogP contribution is 2.29. The fourth-order valence-corrected chi connectivity index (χ4v) is 2.16. The zero-order valence-corrected chi connectivity index (χ0v) is 9.21. The number of amides is 2. The molecule has 2 heterocycles. The van der Waals surface area contributed by atoms with Crippen LogP contribution in [-0.2, 0) is 0 Å². The minimum Gasteiger partial charge on any atom is -0.274 e. The van der Waals surface area contributed by atoms with Crippen LogP contribution in [0.3, 0.4) is 0 Å². The number of nitrogens with zero attached hydrogens (tertiary/aromatic N) is 2. The summed E-state index contributed by atoms with van der Waals surface area (Å²) in [6, 6.07) is 9.60. The van der Waals surface area contributed by atoms with E-state index in [0.29, 0.717) is 12.2 Å². The highest BCUT2D eigenvalue weighted by molar-refractivity contribution is 5.85. The first kappa shape index (κ1) is 10.2. The van der Waals surface area contributed by atoms with Crippen molar-refractivity contribution in [1.29, 1.82) is 0 Å². The maximum absolute atomic E-state index is 11.7. The van der Waals surface area contributed by atoms with Crippen LogP contribution in [-0.4, -0.2) is 23.4 Å². The lowest BCUT2D eigenvalue weighted by Gasteiger charge is -2.30. The maximum atomic E-state index is 11.7. The molecule has 86 valence electrons. The average molecular weight is 229 g/mol. The standard InChI is InChI=1S/C12H12N4O/c13-16-8-11(9-4-2-1-3-5-9)14-6-10(16)7-15-12(16)17/h1-7,11H,8,13H2/p+1. The summed E-state index contributed by atoms with van der Waals surface area (Å²) in [5.74, 6) is 6.10. The molecule has 2 aliphatic heterocycles. The molecule has 2 atom stereocenters. The van der Waals surface area contributed by atoms with E-state index in [4.69, 9.17) is 5.84 Å². The molecule has 5 heteroatoms. The molecule has 0 saturated carbocycles. The molecule has 0 saturated heterocycles. The number of allylic oxidation sites excluding steroid dienone is 1. The lowest BCUT2D eigenvalue weighted by molar-refractivity contribution is -0.817. The van der Waals surface area contributed by atoms with Gasteiger partial charge in [0, 0.05) is 0 Å². The number of carbonyl (C=O) groups excluding carboxylic acids is 1. The summed E-state index contributed by atoms with van der Waals surface area (Å²) in [6.07, 6.45) is 3.30. The molecule has 0 bridgehead atoms. The largest absolute Gasteiger partial charge is 0.445 e. The van der Waals surface area contributed by atoms with Crippen LogP contribution < -0.4 is 11.2 Å². The van der Waals surface area contributed by atoms with E-state index >= 15 is 0 Å². The topological polar surface area (TPSA) is 67.5 Å². The van der Waals surface area contributed by atoms with Gasteiger partial charge < -0.3 is 0 Å². The van der Waals surface area contributed by atoms with Gasteiger partial charge in [-0.15, -0.1) is 4.59 Å². The van der Waals surface area contributed by atoms with E-state index in [-0.39, 0.29) is 16.7 Å². The summed E-state index contributed by atoms with van der Waals surface area (Å²) in [4.78, 5) is 16.2. The predicted molar refractivity (Wildman–Crippen MR) is 63.6 cm³/mol. The Morgan fingerprint density at radius 2 is 2.12 bits per heavy atom. The second kappa shape index (κ2) is 3.51. The number of carbonyl (C=O) groups is 1.